The zero-order valence-corrected chi connectivity index (χ0v) is 8.65. The molecule has 0 saturated heterocycles. The summed E-state index contributed by atoms with van der Waals surface area (Å²) in [6.45, 7) is 1.56. The molecule has 1 aliphatic rings. The van der Waals surface area contributed by atoms with Gasteiger partial charge >= 0.3 is 0 Å². The second-order valence-electron chi connectivity index (χ2n) is 3.79. The largest absolute Gasteiger partial charge is 0.312 e. The van der Waals surface area contributed by atoms with Gasteiger partial charge in [0.15, 0.2) is 0 Å². The van der Waals surface area contributed by atoms with Gasteiger partial charge in [0.25, 0.3) is 0 Å². The fourth-order valence-corrected chi connectivity index (χ4v) is 1.61. The summed E-state index contributed by atoms with van der Waals surface area (Å²) >= 11 is 5.66. The molecule has 0 bridgehead atoms. The molecule has 1 aliphatic carbocycles. The van der Waals surface area contributed by atoms with E-state index in [0.29, 0.717) is 12.1 Å². The van der Waals surface area contributed by atoms with Crippen molar-refractivity contribution >= 4 is 11.6 Å². The quantitative estimate of drug-likeness (QED) is 0.811. The van der Waals surface area contributed by atoms with E-state index in [2.05, 4.69) is 5.32 Å². The minimum Gasteiger partial charge on any atom is -0.312 e. The van der Waals surface area contributed by atoms with Crippen molar-refractivity contribution in [2.45, 2.75) is 19.4 Å². The van der Waals surface area contributed by atoms with E-state index < -0.39 is 0 Å². The highest BCUT2D eigenvalue weighted by Gasteiger charge is 2.20. The normalized spacial score (nSPS) is 15.9. The van der Waals surface area contributed by atoms with Crippen LogP contribution in [0.4, 0.5) is 4.39 Å². The van der Waals surface area contributed by atoms with Crippen LogP contribution in [0.1, 0.15) is 18.4 Å². The van der Waals surface area contributed by atoms with Crippen LogP contribution in [-0.4, -0.2) is 6.54 Å². The van der Waals surface area contributed by atoms with Gasteiger partial charge in [-0.25, -0.2) is 4.39 Å². The van der Waals surface area contributed by atoms with E-state index in [0.717, 1.165) is 12.5 Å². The topological polar surface area (TPSA) is 12.0 Å². The maximum absolute atomic E-state index is 13.4. The van der Waals surface area contributed by atoms with Crippen LogP contribution in [0.5, 0.6) is 0 Å². The Kier molecular flexibility index (Phi) is 3.04. The molecule has 1 nitrogen and oxygen atoms in total. The van der Waals surface area contributed by atoms with Gasteiger partial charge in [-0.15, -0.1) is 0 Å². The highest BCUT2D eigenvalue weighted by molar-refractivity contribution is 6.30. The zero-order valence-electron chi connectivity index (χ0n) is 7.89. The van der Waals surface area contributed by atoms with Gasteiger partial charge in [0.1, 0.15) is 5.82 Å². The lowest BCUT2D eigenvalue weighted by Crippen LogP contribution is -2.16. The summed E-state index contributed by atoms with van der Waals surface area (Å²) in [7, 11) is 0. The third-order valence-electron chi connectivity index (χ3n) is 2.48. The molecule has 0 spiro atoms. The second kappa shape index (κ2) is 4.28. The molecule has 0 aromatic heterocycles. The monoisotopic (exact) mass is 213 g/mol. The number of halogens is 2. The van der Waals surface area contributed by atoms with Crippen molar-refractivity contribution in [1.29, 1.82) is 0 Å². The van der Waals surface area contributed by atoms with Crippen molar-refractivity contribution < 1.29 is 4.39 Å². The van der Waals surface area contributed by atoms with E-state index in [-0.39, 0.29) is 10.8 Å². The molecule has 1 aromatic rings. The van der Waals surface area contributed by atoms with Crippen molar-refractivity contribution in [2.24, 2.45) is 5.92 Å². The molecule has 0 heterocycles. The standard InChI is InChI=1S/C11H13ClFN/c12-10-3-1-2-9(11(10)13)7-14-6-8-4-5-8/h1-3,8,14H,4-7H2. The lowest BCUT2D eigenvalue weighted by Gasteiger charge is -2.05. The van der Waals surface area contributed by atoms with Gasteiger partial charge in [-0.3, -0.25) is 0 Å². The molecule has 1 aromatic carbocycles. The Labute approximate surface area is 88.3 Å². The Morgan fingerprint density at radius 2 is 2.21 bits per heavy atom. The Bertz CT molecular complexity index is 323. The van der Waals surface area contributed by atoms with Crippen molar-refractivity contribution in [3.63, 3.8) is 0 Å². The van der Waals surface area contributed by atoms with Crippen molar-refractivity contribution in [3.05, 3.63) is 34.6 Å². The summed E-state index contributed by atoms with van der Waals surface area (Å²) < 4.78 is 13.4. The molecule has 0 amide bonds. The molecule has 1 saturated carbocycles. The maximum Gasteiger partial charge on any atom is 0.146 e. The summed E-state index contributed by atoms with van der Waals surface area (Å²) in [4.78, 5) is 0. The molecular weight excluding hydrogens is 201 g/mol. The molecule has 14 heavy (non-hydrogen) atoms. The van der Waals surface area contributed by atoms with Crippen LogP contribution in [0.2, 0.25) is 5.02 Å². The number of benzene rings is 1. The number of nitrogens with one attached hydrogen (secondary N) is 1. The van der Waals surface area contributed by atoms with Gasteiger partial charge in [0, 0.05) is 12.1 Å². The summed E-state index contributed by atoms with van der Waals surface area (Å²) in [5, 5.41) is 3.44. The Morgan fingerprint density at radius 3 is 2.93 bits per heavy atom. The smallest absolute Gasteiger partial charge is 0.146 e. The first-order chi connectivity index (χ1) is 6.77. The molecule has 1 N–H and O–H groups in total. The fourth-order valence-electron chi connectivity index (χ4n) is 1.42. The lowest BCUT2D eigenvalue weighted by molar-refractivity contribution is 0.578. The van der Waals surface area contributed by atoms with Crippen LogP contribution in [0.15, 0.2) is 18.2 Å². The summed E-state index contributed by atoms with van der Waals surface area (Å²) in [5.74, 6) is 0.523. The van der Waals surface area contributed by atoms with Gasteiger partial charge in [0.2, 0.25) is 0 Å². The Hall–Kier alpha value is -0.600. The molecule has 0 unspecified atom stereocenters. The summed E-state index contributed by atoms with van der Waals surface area (Å²) in [6, 6.07) is 5.11. The first-order valence-corrected chi connectivity index (χ1v) is 5.29. The van der Waals surface area contributed by atoms with E-state index >= 15 is 0 Å². The second-order valence-corrected chi connectivity index (χ2v) is 4.19. The molecule has 1 fully saturated rings. The van der Waals surface area contributed by atoms with Crippen molar-refractivity contribution in [3.8, 4) is 0 Å². The molecule has 2 rings (SSSR count). The average molecular weight is 214 g/mol. The highest BCUT2D eigenvalue weighted by Crippen LogP contribution is 2.27. The van der Waals surface area contributed by atoms with E-state index in [1.165, 1.54) is 12.8 Å². The van der Waals surface area contributed by atoms with Gasteiger partial charge in [0.05, 0.1) is 5.02 Å². The van der Waals surface area contributed by atoms with Crippen LogP contribution in [0.25, 0.3) is 0 Å². The summed E-state index contributed by atoms with van der Waals surface area (Å²) in [6.07, 6.45) is 2.62. The van der Waals surface area contributed by atoms with Crippen molar-refractivity contribution in [2.75, 3.05) is 6.54 Å². The molecule has 0 aliphatic heterocycles. The minimum atomic E-state index is -0.294. The number of hydrogen-bond acceptors (Lipinski definition) is 1. The van der Waals surface area contributed by atoms with E-state index in [1.54, 1.807) is 18.2 Å². The fraction of sp³-hybridized carbons (Fsp3) is 0.455. The van der Waals surface area contributed by atoms with Crippen LogP contribution in [0.3, 0.4) is 0 Å². The number of rotatable bonds is 4. The Morgan fingerprint density at radius 1 is 1.43 bits per heavy atom. The average Bonchev–Trinajstić information content (AvgIpc) is 2.96. The minimum absolute atomic E-state index is 0.204. The number of hydrogen-bond donors (Lipinski definition) is 1. The summed E-state index contributed by atoms with van der Waals surface area (Å²) in [5.41, 5.74) is 0.651. The van der Waals surface area contributed by atoms with Crippen LogP contribution in [0, 0.1) is 11.7 Å². The zero-order chi connectivity index (χ0) is 9.97. The van der Waals surface area contributed by atoms with Gasteiger partial charge < -0.3 is 5.32 Å². The first kappa shape index (κ1) is 9.94. The maximum atomic E-state index is 13.4. The highest BCUT2D eigenvalue weighted by atomic mass is 35.5. The molecule has 0 atom stereocenters. The molecule has 76 valence electrons. The van der Waals surface area contributed by atoms with E-state index in [4.69, 9.17) is 11.6 Å². The predicted octanol–water partition coefficient (Wildman–Crippen LogP) is 2.98. The molecular formula is C11H13ClFN. The van der Waals surface area contributed by atoms with Gasteiger partial charge in [-0.2, -0.15) is 0 Å². The van der Waals surface area contributed by atoms with Crippen molar-refractivity contribution in [1.82, 2.24) is 5.32 Å². The van der Waals surface area contributed by atoms with Crippen LogP contribution in [-0.2, 0) is 6.54 Å². The third kappa shape index (κ3) is 2.46. The van der Waals surface area contributed by atoms with E-state index in [1.807, 2.05) is 0 Å². The molecule has 3 heteroatoms. The van der Waals surface area contributed by atoms with E-state index in [9.17, 15) is 4.39 Å². The van der Waals surface area contributed by atoms with Crippen LogP contribution < -0.4 is 5.32 Å². The SMILES string of the molecule is Fc1c(Cl)cccc1CNCC1CC1. The van der Waals surface area contributed by atoms with Gasteiger partial charge in [-0.1, -0.05) is 23.7 Å². The molecule has 0 radical (unpaired) electrons. The van der Waals surface area contributed by atoms with Crippen LogP contribution >= 0.6 is 11.6 Å². The van der Waals surface area contributed by atoms with Gasteiger partial charge in [-0.05, 0) is 31.4 Å². The predicted molar refractivity (Wildman–Crippen MR) is 55.8 cm³/mol. The third-order valence-corrected chi connectivity index (χ3v) is 2.77. The Balaban J connectivity index is 1.90. The first-order valence-electron chi connectivity index (χ1n) is 4.91. The lowest BCUT2D eigenvalue weighted by atomic mass is 10.2.